The minimum atomic E-state index is -0.884. The van der Waals surface area contributed by atoms with Crippen molar-refractivity contribution in [3.05, 3.63) is 35.4 Å². The molecule has 7 heteroatoms. The summed E-state index contributed by atoms with van der Waals surface area (Å²) in [6.07, 6.45) is -0.454. The lowest BCUT2D eigenvalue weighted by Crippen LogP contribution is -2.50. The Labute approximate surface area is 114 Å². The number of ether oxygens (including phenoxy) is 1. The van der Waals surface area contributed by atoms with Crippen LogP contribution in [-0.2, 0) is 4.74 Å². The second-order valence-electron chi connectivity index (χ2n) is 4.37. The summed E-state index contributed by atoms with van der Waals surface area (Å²) in [6, 6.07) is 2.85. The molecule has 0 N–H and O–H groups in total. The van der Waals surface area contributed by atoms with E-state index in [0.29, 0.717) is 19.2 Å². The first-order valence-corrected chi connectivity index (χ1v) is 6.10. The molecule has 0 unspecified atom stereocenters. The van der Waals surface area contributed by atoms with Crippen LogP contribution in [0.15, 0.2) is 18.2 Å². The lowest BCUT2D eigenvalue weighted by Gasteiger charge is -2.33. The molecular formula is C13H14F2N2O3. The molecule has 0 bridgehead atoms. The topological polar surface area (TPSA) is 49.9 Å². The molecular weight excluding hydrogens is 270 g/mol. The molecule has 20 heavy (non-hydrogen) atoms. The summed E-state index contributed by atoms with van der Waals surface area (Å²) >= 11 is 0. The molecule has 0 spiro atoms. The zero-order valence-corrected chi connectivity index (χ0v) is 10.9. The van der Waals surface area contributed by atoms with Crippen molar-refractivity contribution in [2.24, 2.45) is 0 Å². The molecule has 1 heterocycles. The number of carbonyl (C=O) groups is 2. The molecule has 1 aliphatic rings. The van der Waals surface area contributed by atoms with Gasteiger partial charge in [0.25, 0.3) is 5.91 Å². The van der Waals surface area contributed by atoms with Crippen LogP contribution in [0, 0.1) is 11.6 Å². The highest BCUT2D eigenvalue weighted by atomic mass is 19.1. The molecule has 108 valence electrons. The van der Waals surface area contributed by atoms with Crippen molar-refractivity contribution >= 4 is 12.0 Å². The van der Waals surface area contributed by atoms with Crippen molar-refractivity contribution in [3.8, 4) is 0 Å². The number of carbonyl (C=O) groups excluding carboxylic acids is 2. The third-order valence-corrected chi connectivity index (χ3v) is 3.16. The van der Waals surface area contributed by atoms with E-state index in [0.717, 1.165) is 12.1 Å². The summed E-state index contributed by atoms with van der Waals surface area (Å²) < 4.78 is 30.9. The first kappa shape index (κ1) is 14.2. The smallest absolute Gasteiger partial charge is 0.409 e. The molecule has 0 saturated carbocycles. The zero-order chi connectivity index (χ0) is 14.7. The maximum atomic E-state index is 13.5. The summed E-state index contributed by atoms with van der Waals surface area (Å²) in [5.74, 6) is -2.12. The molecule has 2 amide bonds. The Kier molecular flexibility index (Phi) is 4.16. The van der Waals surface area contributed by atoms with Crippen LogP contribution in [-0.4, -0.2) is 55.1 Å². The van der Waals surface area contributed by atoms with Gasteiger partial charge in [0.1, 0.15) is 11.6 Å². The molecule has 1 aromatic carbocycles. The van der Waals surface area contributed by atoms with E-state index in [2.05, 4.69) is 4.74 Å². The minimum Gasteiger partial charge on any atom is -0.453 e. The lowest BCUT2D eigenvalue weighted by molar-refractivity contribution is 0.0595. The van der Waals surface area contributed by atoms with Crippen LogP contribution in [0.1, 0.15) is 10.4 Å². The largest absolute Gasteiger partial charge is 0.453 e. The summed E-state index contributed by atoms with van der Waals surface area (Å²) in [5, 5.41) is 0. The van der Waals surface area contributed by atoms with Gasteiger partial charge in [-0.3, -0.25) is 4.79 Å². The van der Waals surface area contributed by atoms with Gasteiger partial charge in [-0.2, -0.15) is 0 Å². The van der Waals surface area contributed by atoms with E-state index >= 15 is 0 Å². The van der Waals surface area contributed by atoms with Crippen LogP contribution in [0.4, 0.5) is 13.6 Å². The second-order valence-corrected chi connectivity index (χ2v) is 4.37. The summed E-state index contributed by atoms with van der Waals surface area (Å²) in [6.45, 7) is 1.21. The van der Waals surface area contributed by atoms with Crippen LogP contribution >= 0.6 is 0 Å². The fraction of sp³-hybridized carbons (Fsp3) is 0.385. The fourth-order valence-corrected chi connectivity index (χ4v) is 2.05. The molecule has 0 aromatic heterocycles. The molecule has 1 aromatic rings. The fourth-order valence-electron chi connectivity index (χ4n) is 2.05. The number of rotatable bonds is 1. The van der Waals surface area contributed by atoms with Crippen LogP contribution in [0.3, 0.4) is 0 Å². The third kappa shape index (κ3) is 2.87. The van der Waals surface area contributed by atoms with Gasteiger partial charge in [0.15, 0.2) is 0 Å². The quantitative estimate of drug-likeness (QED) is 0.785. The first-order valence-electron chi connectivity index (χ1n) is 6.10. The number of hydrogen-bond donors (Lipinski definition) is 0. The first-order chi connectivity index (χ1) is 9.52. The van der Waals surface area contributed by atoms with Gasteiger partial charge in [-0.15, -0.1) is 0 Å². The molecule has 0 radical (unpaired) electrons. The van der Waals surface area contributed by atoms with Gasteiger partial charge in [0, 0.05) is 32.2 Å². The zero-order valence-electron chi connectivity index (χ0n) is 10.9. The Morgan fingerprint density at radius 2 is 1.70 bits per heavy atom. The number of nitrogens with zero attached hydrogens (tertiary/aromatic N) is 2. The number of piperazine rings is 1. The summed E-state index contributed by atoms with van der Waals surface area (Å²) in [4.78, 5) is 26.3. The Morgan fingerprint density at radius 1 is 1.10 bits per heavy atom. The number of hydrogen-bond acceptors (Lipinski definition) is 3. The number of benzene rings is 1. The average molecular weight is 284 g/mol. The van der Waals surface area contributed by atoms with E-state index < -0.39 is 23.6 Å². The maximum Gasteiger partial charge on any atom is 0.409 e. The van der Waals surface area contributed by atoms with Gasteiger partial charge >= 0.3 is 6.09 Å². The Bertz CT molecular complexity index is 528. The Balaban J connectivity index is 2.03. The van der Waals surface area contributed by atoms with Crippen LogP contribution in [0.2, 0.25) is 0 Å². The van der Waals surface area contributed by atoms with Crippen molar-refractivity contribution < 1.29 is 23.1 Å². The average Bonchev–Trinajstić information content (AvgIpc) is 2.46. The van der Waals surface area contributed by atoms with Crippen molar-refractivity contribution in [3.63, 3.8) is 0 Å². The maximum absolute atomic E-state index is 13.5. The van der Waals surface area contributed by atoms with Crippen LogP contribution < -0.4 is 0 Å². The number of halogens is 2. The minimum absolute atomic E-state index is 0.169. The van der Waals surface area contributed by atoms with Gasteiger partial charge in [0.2, 0.25) is 0 Å². The molecule has 1 aliphatic heterocycles. The number of amides is 2. The van der Waals surface area contributed by atoms with Gasteiger partial charge in [-0.25, -0.2) is 13.6 Å². The lowest BCUT2D eigenvalue weighted by atomic mass is 10.1. The predicted octanol–water partition coefficient (Wildman–Crippen LogP) is 1.49. The Hall–Kier alpha value is -2.18. The second kappa shape index (κ2) is 5.85. The van der Waals surface area contributed by atoms with Crippen molar-refractivity contribution in [1.82, 2.24) is 9.80 Å². The molecule has 1 saturated heterocycles. The van der Waals surface area contributed by atoms with Gasteiger partial charge in [-0.05, 0) is 12.1 Å². The monoisotopic (exact) mass is 284 g/mol. The van der Waals surface area contributed by atoms with Crippen LogP contribution in [0.25, 0.3) is 0 Å². The van der Waals surface area contributed by atoms with E-state index in [4.69, 9.17) is 0 Å². The standard InChI is InChI=1S/C13H14F2N2O3/c1-20-13(19)17-6-4-16(5-7-17)12(18)10-3-2-9(14)8-11(10)15/h2-3,8H,4-7H2,1H3. The third-order valence-electron chi connectivity index (χ3n) is 3.16. The van der Waals surface area contributed by atoms with Crippen molar-refractivity contribution in [1.29, 1.82) is 0 Å². The SMILES string of the molecule is COC(=O)N1CCN(C(=O)c2ccc(F)cc2F)CC1. The highest BCUT2D eigenvalue weighted by molar-refractivity contribution is 5.94. The van der Waals surface area contributed by atoms with Gasteiger partial charge in [-0.1, -0.05) is 0 Å². The molecule has 1 fully saturated rings. The van der Waals surface area contributed by atoms with E-state index in [1.54, 1.807) is 0 Å². The highest BCUT2D eigenvalue weighted by Gasteiger charge is 2.26. The van der Waals surface area contributed by atoms with Gasteiger partial charge < -0.3 is 14.5 Å². The molecule has 2 rings (SSSR count). The predicted molar refractivity (Wildman–Crippen MR) is 66.2 cm³/mol. The van der Waals surface area contributed by atoms with Gasteiger partial charge in [0.05, 0.1) is 12.7 Å². The Morgan fingerprint density at radius 3 is 2.25 bits per heavy atom. The molecule has 0 atom stereocenters. The molecule has 5 nitrogen and oxygen atoms in total. The van der Waals surface area contributed by atoms with Crippen LogP contribution in [0.5, 0.6) is 0 Å². The van der Waals surface area contributed by atoms with E-state index in [9.17, 15) is 18.4 Å². The highest BCUT2D eigenvalue weighted by Crippen LogP contribution is 2.14. The molecule has 0 aliphatic carbocycles. The van der Waals surface area contributed by atoms with Crippen molar-refractivity contribution in [2.45, 2.75) is 0 Å². The van der Waals surface area contributed by atoms with E-state index in [1.807, 2.05) is 0 Å². The van der Waals surface area contributed by atoms with E-state index in [1.165, 1.54) is 16.9 Å². The van der Waals surface area contributed by atoms with Crippen molar-refractivity contribution in [2.75, 3.05) is 33.3 Å². The summed E-state index contributed by atoms with van der Waals surface area (Å²) in [7, 11) is 1.29. The van der Waals surface area contributed by atoms with E-state index in [-0.39, 0.29) is 18.7 Å². The number of methoxy groups -OCH3 is 1. The summed E-state index contributed by atoms with van der Waals surface area (Å²) in [5.41, 5.74) is -0.169. The normalized spacial score (nSPS) is 15.2.